The minimum Gasteiger partial charge on any atom is -0.496 e. The van der Waals surface area contributed by atoms with Gasteiger partial charge in [-0.25, -0.2) is 5.43 Å². The summed E-state index contributed by atoms with van der Waals surface area (Å²) in [5, 5.41) is 6.00. The van der Waals surface area contributed by atoms with Crippen LogP contribution in [0.1, 0.15) is 15.9 Å². The number of carbonyl (C=O) groups is 1. The molecule has 4 nitrogen and oxygen atoms in total. The van der Waals surface area contributed by atoms with Gasteiger partial charge in [-0.1, -0.05) is 52.3 Å². The van der Waals surface area contributed by atoms with Gasteiger partial charge < -0.3 is 4.74 Å². The molecule has 0 saturated carbocycles. The van der Waals surface area contributed by atoms with Gasteiger partial charge in [0.15, 0.2) is 0 Å². The van der Waals surface area contributed by atoms with Crippen LogP contribution in [0.3, 0.4) is 0 Å². The Morgan fingerprint density at radius 1 is 1.08 bits per heavy atom. The first-order chi connectivity index (χ1) is 11.7. The molecular weight excluding hydrogens is 368 g/mol. The summed E-state index contributed by atoms with van der Waals surface area (Å²) < 4.78 is 6.32. The first-order valence-corrected chi connectivity index (χ1v) is 8.12. The maximum absolute atomic E-state index is 12.4. The van der Waals surface area contributed by atoms with Crippen molar-refractivity contribution in [2.45, 2.75) is 0 Å². The summed E-state index contributed by atoms with van der Waals surface area (Å²) in [5.41, 5.74) is 3.88. The summed E-state index contributed by atoms with van der Waals surface area (Å²) in [6.45, 7) is 0. The number of halogens is 1. The fraction of sp³-hybridized carbons (Fsp3) is 0.0526. The van der Waals surface area contributed by atoms with Gasteiger partial charge in [-0.3, -0.25) is 4.79 Å². The molecule has 120 valence electrons. The normalized spacial score (nSPS) is 10.9. The summed E-state index contributed by atoms with van der Waals surface area (Å²) in [5.74, 6) is 0.205. The van der Waals surface area contributed by atoms with Gasteiger partial charge in [-0.15, -0.1) is 0 Å². The highest BCUT2D eigenvalue weighted by atomic mass is 79.9. The summed E-state index contributed by atoms with van der Waals surface area (Å²) in [6.07, 6.45) is 1.60. The molecule has 3 aromatic carbocycles. The van der Waals surface area contributed by atoms with E-state index >= 15 is 0 Å². The van der Waals surface area contributed by atoms with Gasteiger partial charge in [0.2, 0.25) is 0 Å². The lowest BCUT2D eigenvalue weighted by Crippen LogP contribution is -2.18. The molecule has 0 saturated heterocycles. The van der Waals surface area contributed by atoms with Crippen molar-refractivity contribution in [1.29, 1.82) is 0 Å². The Balaban J connectivity index is 1.81. The van der Waals surface area contributed by atoms with Gasteiger partial charge in [-0.05, 0) is 40.6 Å². The number of benzene rings is 3. The van der Waals surface area contributed by atoms with Crippen LogP contribution >= 0.6 is 15.9 Å². The van der Waals surface area contributed by atoms with Crippen LogP contribution in [0.2, 0.25) is 0 Å². The molecule has 5 heteroatoms. The molecule has 0 aliphatic carbocycles. The van der Waals surface area contributed by atoms with Gasteiger partial charge in [0.25, 0.3) is 5.91 Å². The molecule has 0 unspecified atom stereocenters. The van der Waals surface area contributed by atoms with Crippen LogP contribution in [-0.2, 0) is 0 Å². The standard InChI is InChI=1S/C19H15BrN2O2/c1-24-18-11-15-5-3-2-4-14(15)10-17(18)19(23)22-21-12-13-6-8-16(20)9-7-13/h2-12H,1H3,(H,22,23)/b21-12-. The topological polar surface area (TPSA) is 50.7 Å². The molecule has 0 fully saturated rings. The second-order valence-corrected chi connectivity index (χ2v) is 6.07. The number of carbonyl (C=O) groups excluding carboxylic acids is 1. The number of rotatable bonds is 4. The van der Waals surface area contributed by atoms with Crippen molar-refractivity contribution in [1.82, 2.24) is 5.43 Å². The van der Waals surface area contributed by atoms with E-state index in [1.807, 2.05) is 54.6 Å². The summed E-state index contributed by atoms with van der Waals surface area (Å²) >= 11 is 3.37. The predicted molar refractivity (Wildman–Crippen MR) is 99.7 cm³/mol. The molecule has 1 amide bonds. The highest BCUT2D eigenvalue weighted by Crippen LogP contribution is 2.25. The molecule has 0 heterocycles. The summed E-state index contributed by atoms with van der Waals surface area (Å²) in [7, 11) is 1.55. The van der Waals surface area contributed by atoms with E-state index in [0.29, 0.717) is 11.3 Å². The molecule has 3 aromatic rings. The third-order valence-electron chi connectivity index (χ3n) is 3.56. The minimum absolute atomic E-state index is 0.314. The second-order valence-electron chi connectivity index (χ2n) is 5.15. The van der Waals surface area contributed by atoms with Gasteiger partial charge in [0.05, 0.1) is 18.9 Å². The Morgan fingerprint density at radius 3 is 2.42 bits per heavy atom. The maximum Gasteiger partial charge on any atom is 0.275 e. The summed E-state index contributed by atoms with van der Waals surface area (Å²) in [6, 6.07) is 19.1. The number of hydrogen-bond acceptors (Lipinski definition) is 3. The van der Waals surface area contributed by atoms with Crippen molar-refractivity contribution in [3.05, 3.63) is 76.3 Å². The van der Waals surface area contributed by atoms with Gasteiger partial charge >= 0.3 is 0 Å². The van der Waals surface area contributed by atoms with Crippen molar-refractivity contribution in [3.63, 3.8) is 0 Å². The highest BCUT2D eigenvalue weighted by Gasteiger charge is 2.13. The van der Waals surface area contributed by atoms with Crippen LogP contribution in [0.25, 0.3) is 10.8 Å². The number of amides is 1. The number of fused-ring (bicyclic) bond motifs is 1. The number of nitrogens with one attached hydrogen (secondary N) is 1. The molecule has 0 aromatic heterocycles. The van der Waals surface area contributed by atoms with Crippen LogP contribution in [-0.4, -0.2) is 19.2 Å². The lowest BCUT2D eigenvalue weighted by atomic mass is 10.1. The molecule has 0 aliphatic heterocycles. The Labute approximate surface area is 148 Å². The average Bonchev–Trinajstić information content (AvgIpc) is 2.62. The first-order valence-electron chi connectivity index (χ1n) is 7.33. The third kappa shape index (κ3) is 3.63. The molecule has 0 aliphatic rings. The van der Waals surface area contributed by atoms with E-state index in [1.54, 1.807) is 19.4 Å². The van der Waals surface area contributed by atoms with Crippen LogP contribution in [0, 0.1) is 0 Å². The fourth-order valence-electron chi connectivity index (χ4n) is 2.34. The molecule has 24 heavy (non-hydrogen) atoms. The zero-order valence-corrected chi connectivity index (χ0v) is 14.6. The van der Waals surface area contributed by atoms with E-state index in [4.69, 9.17) is 4.74 Å². The average molecular weight is 383 g/mol. The van der Waals surface area contributed by atoms with E-state index in [2.05, 4.69) is 26.5 Å². The van der Waals surface area contributed by atoms with Crippen molar-refractivity contribution >= 4 is 38.8 Å². The number of methoxy groups -OCH3 is 1. The van der Waals surface area contributed by atoms with E-state index in [-0.39, 0.29) is 5.91 Å². The SMILES string of the molecule is COc1cc2ccccc2cc1C(=O)N/N=C\c1ccc(Br)cc1. The molecule has 0 bridgehead atoms. The molecule has 0 atom stereocenters. The zero-order chi connectivity index (χ0) is 16.9. The molecule has 1 N–H and O–H groups in total. The number of nitrogens with zero attached hydrogens (tertiary/aromatic N) is 1. The minimum atomic E-state index is -0.314. The molecular formula is C19H15BrN2O2. The lowest BCUT2D eigenvalue weighted by Gasteiger charge is -2.09. The Bertz CT molecular complexity index is 905. The number of ether oxygens (including phenoxy) is 1. The predicted octanol–water partition coefficient (Wildman–Crippen LogP) is 4.37. The van der Waals surface area contributed by atoms with Crippen molar-refractivity contribution < 1.29 is 9.53 Å². The largest absolute Gasteiger partial charge is 0.496 e. The number of hydrogen-bond donors (Lipinski definition) is 1. The van der Waals surface area contributed by atoms with Crippen LogP contribution in [0.15, 0.2) is 70.2 Å². The van der Waals surface area contributed by atoms with Crippen LogP contribution < -0.4 is 10.2 Å². The quantitative estimate of drug-likeness (QED) is 0.537. The second kappa shape index (κ2) is 7.27. The maximum atomic E-state index is 12.4. The zero-order valence-electron chi connectivity index (χ0n) is 13.0. The van der Waals surface area contributed by atoms with E-state index in [9.17, 15) is 4.79 Å². The van der Waals surface area contributed by atoms with Crippen molar-refractivity contribution in [2.75, 3.05) is 7.11 Å². The van der Waals surface area contributed by atoms with Crippen LogP contribution in [0.5, 0.6) is 5.75 Å². The van der Waals surface area contributed by atoms with Gasteiger partial charge in [-0.2, -0.15) is 5.10 Å². The van der Waals surface area contributed by atoms with E-state index < -0.39 is 0 Å². The molecule has 0 radical (unpaired) electrons. The first kappa shape index (κ1) is 16.2. The monoisotopic (exact) mass is 382 g/mol. The lowest BCUT2D eigenvalue weighted by molar-refractivity contribution is 0.0952. The van der Waals surface area contributed by atoms with E-state index in [0.717, 1.165) is 20.8 Å². The Kier molecular flexibility index (Phi) is 4.91. The van der Waals surface area contributed by atoms with Crippen molar-refractivity contribution in [2.24, 2.45) is 5.10 Å². The van der Waals surface area contributed by atoms with Gasteiger partial charge in [0, 0.05) is 4.47 Å². The van der Waals surface area contributed by atoms with E-state index in [1.165, 1.54) is 0 Å². The molecule has 0 spiro atoms. The van der Waals surface area contributed by atoms with Gasteiger partial charge in [0.1, 0.15) is 5.75 Å². The Hall–Kier alpha value is -2.66. The Morgan fingerprint density at radius 2 is 1.75 bits per heavy atom. The summed E-state index contributed by atoms with van der Waals surface area (Å²) in [4.78, 5) is 12.4. The fourth-order valence-corrected chi connectivity index (χ4v) is 2.60. The smallest absolute Gasteiger partial charge is 0.275 e. The third-order valence-corrected chi connectivity index (χ3v) is 4.09. The highest BCUT2D eigenvalue weighted by molar-refractivity contribution is 9.10. The van der Waals surface area contributed by atoms with Crippen LogP contribution in [0.4, 0.5) is 0 Å². The molecule has 3 rings (SSSR count). The van der Waals surface area contributed by atoms with Crippen molar-refractivity contribution in [3.8, 4) is 5.75 Å². The number of hydrazone groups is 1.